The van der Waals surface area contributed by atoms with Gasteiger partial charge in [-0.3, -0.25) is 0 Å². The number of nitrogens with one attached hydrogen (secondary N) is 2. The molecule has 6 heteroatoms. The van der Waals surface area contributed by atoms with Gasteiger partial charge in [-0.05, 0) is 18.6 Å². The summed E-state index contributed by atoms with van der Waals surface area (Å²) >= 11 is 0. The van der Waals surface area contributed by atoms with Gasteiger partial charge in [-0.2, -0.15) is 0 Å². The van der Waals surface area contributed by atoms with Gasteiger partial charge in [0.1, 0.15) is 11.8 Å². The Morgan fingerprint density at radius 3 is 2.95 bits per heavy atom. The maximum Gasteiger partial charge on any atom is 0.182 e. The molecule has 21 heavy (non-hydrogen) atoms. The zero-order valence-electron chi connectivity index (χ0n) is 11.5. The van der Waals surface area contributed by atoms with Crippen LogP contribution in [0.25, 0.3) is 11.2 Å². The number of aromatic amines is 1. The molecule has 0 aliphatic carbocycles. The molecule has 2 N–H and O–H groups in total. The van der Waals surface area contributed by atoms with E-state index >= 15 is 0 Å². The number of rotatable bonds is 3. The minimum atomic E-state index is 0.381. The first-order chi connectivity index (χ1) is 10.4. The highest BCUT2D eigenvalue weighted by Crippen LogP contribution is 2.23. The zero-order valence-corrected chi connectivity index (χ0v) is 11.5. The van der Waals surface area contributed by atoms with Crippen LogP contribution in [0.5, 0.6) is 0 Å². The van der Waals surface area contributed by atoms with Gasteiger partial charge in [0.15, 0.2) is 11.5 Å². The van der Waals surface area contributed by atoms with Crippen LogP contribution in [0.1, 0.15) is 6.42 Å². The highest BCUT2D eigenvalue weighted by atomic mass is 15.2. The molecular weight excluding hydrogens is 264 g/mol. The lowest BCUT2D eigenvalue weighted by Gasteiger charge is -2.19. The van der Waals surface area contributed by atoms with E-state index in [2.05, 4.69) is 54.4 Å². The molecule has 6 nitrogen and oxygen atoms in total. The Labute approximate surface area is 122 Å². The fraction of sp³-hybridized carbons (Fsp3) is 0.267. The molecule has 0 saturated carbocycles. The van der Waals surface area contributed by atoms with Crippen LogP contribution in [0.3, 0.4) is 0 Å². The topological polar surface area (TPSA) is 69.7 Å². The SMILES string of the molecule is c1ccc(N2CCC(Nc3ncnc4nc[nH]c34)C2)cc1. The number of benzene rings is 1. The second-order valence-electron chi connectivity index (χ2n) is 5.23. The molecule has 1 aromatic carbocycles. The molecule has 1 aliphatic heterocycles. The molecule has 2 aromatic heterocycles. The number of para-hydroxylation sites is 1. The van der Waals surface area contributed by atoms with Crippen molar-refractivity contribution in [2.45, 2.75) is 12.5 Å². The van der Waals surface area contributed by atoms with Crippen LogP contribution in [-0.4, -0.2) is 39.1 Å². The molecule has 0 bridgehead atoms. The number of hydrogen-bond donors (Lipinski definition) is 2. The van der Waals surface area contributed by atoms with Crippen molar-refractivity contribution in [2.24, 2.45) is 0 Å². The van der Waals surface area contributed by atoms with Crippen molar-refractivity contribution >= 4 is 22.7 Å². The Kier molecular flexibility index (Phi) is 2.92. The summed E-state index contributed by atoms with van der Waals surface area (Å²) in [5.41, 5.74) is 2.84. The van der Waals surface area contributed by atoms with Crippen LogP contribution < -0.4 is 10.2 Å². The van der Waals surface area contributed by atoms with Gasteiger partial charge in [-0.25, -0.2) is 15.0 Å². The van der Waals surface area contributed by atoms with E-state index in [1.807, 2.05) is 6.07 Å². The molecule has 3 aromatic rings. The average Bonchev–Trinajstić information content (AvgIpc) is 3.17. The van der Waals surface area contributed by atoms with Crippen LogP contribution in [0.4, 0.5) is 11.5 Å². The fourth-order valence-electron chi connectivity index (χ4n) is 2.82. The van der Waals surface area contributed by atoms with E-state index in [4.69, 9.17) is 0 Å². The smallest absolute Gasteiger partial charge is 0.182 e. The summed E-state index contributed by atoms with van der Waals surface area (Å²) in [4.78, 5) is 18.1. The van der Waals surface area contributed by atoms with E-state index in [1.165, 1.54) is 5.69 Å². The maximum atomic E-state index is 4.33. The highest BCUT2D eigenvalue weighted by Gasteiger charge is 2.23. The van der Waals surface area contributed by atoms with Crippen molar-refractivity contribution in [2.75, 3.05) is 23.3 Å². The fourth-order valence-corrected chi connectivity index (χ4v) is 2.82. The molecule has 3 heterocycles. The summed E-state index contributed by atoms with van der Waals surface area (Å²) in [6.07, 6.45) is 4.29. The minimum Gasteiger partial charge on any atom is -0.369 e. The molecule has 1 aliphatic rings. The largest absolute Gasteiger partial charge is 0.369 e. The van der Waals surface area contributed by atoms with Gasteiger partial charge in [0.05, 0.1) is 6.33 Å². The molecule has 1 atom stereocenters. The Bertz CT molecular complexity index is 738. The van der Waals surface area contributed by atoms with Crippen LogP contribution in [0.2, 0.25) is 0 Å². The second kappa shape index (κ2) is 5.05. The number of nitrogens with zero attached hydrogens (tertiary/aromatic N) is 4. The number of H-pyrrole nitrogens is 1. The van der Waals surface area contributed by atoms with E-state index in [0.29, 0.717) is 11.7 Å². The van der Waals surface area contributed by atoms with Gasteiger partial charge < -0.3 is 15.2 Å². The molecule has 0 radical (unpaired) electrons. The molecule has 106 valence electrons. The van der Waals surface area contributed by atoms with E-state index in [9.17, 15) is 0 Å². The highest BCUT2D eigenvalue weighted by molar-refractivity contribution is 5.82. The van der Waals surface area contributed by atoms with Crippen molar-refractivity contribution < 1.29 is 0 Å². The summed E-state index contributed by atoms with van der Waals surface area (Å²) < 4.78 is 0. The first-order valence-corrected chi connectivity index (χ1v) is 7.11. The summed E-state index contributed by atoms with van der Waals surface area (Å²) in [5, 5.41) is 3.51. The van der Waals surface area contributed by atoms with Crippen LogP contribution in [0.15, 0.2) is 43.0 Å². The Morgan fingerprint density at radius 2 is 2.05 bits per heavy atom. The zero-order chi connectivity index (χ0) is 14.1. The summed E-state index contributed by atoms with van der Waals surface area (Å²) in [5.74, 6) is 0.831. The Balaban J connectivity index is 1.50. The number of fused-ring (bicyclic) bond motifs is 1. The molecular formula is C15H16N6. The first-order valence-electron chi connectivity index (χ1n) is 7.11. The van der Waals surface area contributed by atoms with E-state index in [-0.39, 0.29) is 0 Å². The average molecular weight is 280 g/mol. The first kappa shape index (κ1) is 12.1. The van der Waals surface area contributed by atoms with Crippen molar-refractivity contribution in [1.82, 2.24) is 19.9 Å². The maximum absolute atomic E-state index is 4.33. The number of anilines is 2. The van der Waals surface area contributed by atoms with Crippen molar-refractivity contribution in [1.29, 1.82) is 0 Å². The lowest BCUT2D eigenvalue weighted by atomic mass is 10.2. The van der Waals surface area contributed by atoms with Gasteiger partial charge in [0.25, 0.3) is 0 Å². The lowest BCUT2D eigenvalue weighted by Crippen LogP contribution is -2.26. The second-order valence-corrected chi connectivity index (χ2v) is 5.23. The number of hydrogen-bond acceptors (Lipinski definition) is 5. The standard InChI is InChI=1S/C15H16N6/c1-2-4-12(5-3-1)21-7-6-11(8-21)20-15-13-14(17-9-16-13)18-10-19-15/h1-5,9-11H,6-8H2,(H2,16,17,18,19,20). The van der Waals surface area contributed by atoms with Crippen LogP contribution in [0, 0.1) is 0 Å². The van der Waals surface area contributed by atoms with Gasteiger partial charge >= 0.3 is 0 Å². The van der Waals surface area contributed by atoms with Gasteiger partial charge in [-0.15, -0.1) is 0 Å². The molecule has 0 spiro atoms. The third-order valence-corrected chi connectivity index (χ3v) is 3.87. The molecule has 1 unspecified atom stereocenters. The van der Waals surface area contributed by atoms with E-state index in [0.717, 1.165) is 30.8 Å². The summed E-state index contributed by atoms with van der Waals surface area (Å²) in [6, 6.07) is 10.9. The predicted molar refractivity (Wildman–Crippen MR) is 82.4 cm³/mol. The number of aromatic nitrogens is 4. The lowest BCUT2D eigenvalue weighted by molar-refractivity contribution is 0.801. The van der Waals surface area contributed by atoms with Crippen LogP contribution >= 0.6 is 0 Å². The molecule has 4 rings (SSSR count). The predicted octanol–water partition coefficient (Wildman–Crippen LogP) is 2.04. The third-order valence-electron chi connectivity index (χ3n) is 3.87. The van der Waals surface area contributed by atoms with E-state index < -0.39 is 0 Å². The van der Waals surface area contributed by atoms with Gasteiger partial charge in [-0.1, -0.05) is 18.2 Å². The monoisotopic (exact) mass is 280 g/mol. The van der Waals surface area contributed by atoms with Crippen molar-refractivity contribution in [3.8, 4) is 0 Å². The van der Waals surface area contributed by atoms with E-state index in [1.54, 1.807) is 12.7 Å². The number of imidazole rings is 1. The minimum absolute atomic E-state index is 0.381. The van der Waals surface area contributed by atoms with Gasteiger partial charge in [0, 0.05) is 24.8 Å². The normalized spacial score (nSPS) is 18.3. The van der Waals surface area contributed by atoms with Gasteiger partial charge in [0.2, 0.25) is 0 Å². The molecule has 1 saturated heterocycles. The Hall–Kier alpha value is -2.63. The third kappa shape index (κ3) is 2.29. The Morgan fingerprint density at radius 1 is 1.14 bits per heavy atom. The van der Waals surface area contributed by atoms with Crippen molar-refractivity contribution in [3.05, 3.63) is 43.0 Å². The molecule has 0 amide bonds. The molecule has 1 fully saturated rings. The van der Waals surface area contributed by atoms with Crippen LogP contribution in [-0.2, 0) is 0 Å². The summed E-state index contributed by atoms with van der Waals surface area (Å²) in [7, 11) is 0. The quantitative estimate of drug-likeness (QED) is 0.768. The van der Waals surface area contributed by atoms with Crippen molar-refractivity contribution in [3.63, 3.8) is 0 Å². The summed E-state index contributed by atoms with van der Waals surface area (Å²) in [6.45, 7) is 2.03.